The molecule has 0 atom stereocenters. The van der Waals surface area contributed by atoms with Crippen LogP contribution in [0.4, 0.5) is 5.69 Å². The van der Waals surface area contributed by atoms with E-state index in [0.717, 1.165) is 17.1 Å². The van der Waals surface area contributed by atoms with Gasteiger partial charge >= 0.3 is 0 Å². The van der Waals surface area contributed by atoms with Crippen molar-refractivity contribution in [1.82, 2.24) is 0 Å². The minimum atomic E-state index is 0.222. The van der Waals surface area contributed by atoms with Crippen molar-refractivity contribution >= 4 is 29.1 Å². The third-order valence-corrected chi connectivity index (χ3v) is 3.10. The fourth-order valence-electron chi connectivity index (χ4n) is 0.881. The van der Waals surface area contributed by atoms with Gasteiger partial charge in [-0.25, -0.2) is 0 Å². The highest BCUT2D eigenvalue weighted by molar-refractivity contribution is 7.99. The van der Waals surface area contributed by atoms with Crippen LogP contribution >= 0.6 is 23.4 Å². The van der Waals surface area contributed by atoms with Crippen LogP contribution in [0, 0.1) is 0 Å². The van der Waals surface area contributed by atoms with Crippen LogP contribution in [-0.4, -0.2) is 17.5 Å². The maximum Gasteiger partial charge on any atom is 0.0562 e. The molecule has 0 aliphatic heterocycles. The maximum absolute atomic E-state index is 8.59. The number of hydrogen-bond donors (Lipinski definition) is 2. The van der Waals surface area contributed by atoms with Crippen LogP contribution in [0.3, 0.4) is 0 Å². The molecular weight excluding hydrogens is 206 g/mol. The fourth-order valence-corrected chi connectivity index (χ4v) is 2.09. The number of anilines is 1. The lowest BCUT2D eigenvalue weighted by Gasteiger charge is -2.03. The second-order valence-corrected chi connectivity index (χ2v) is 4.16. The molecule has 4 heteroatoms. The number of nitrogens with two attached hydrogens (primary N) is 1. The first kappa shape index (κ1) is 10.7. The third-order valence-electron chi connectivity index (χ3n) is 1.52. The second-order valence-electron chi connectivity index (χ2n) is 2.62. The Hall–Kier alpha value is -0.380. The van der Waals surface area contributed by atoms with Crippen LogP contribution in [0.25, 0.3) is 0 Å². The van der Waals surface area contributed by atoms with Crippen LogP contribution < -0.4 is 5.73 Å². The summed E-state index contributed by atoms with van der Waals surface area (Å²) in [5, 5.41) is 9.27. The van der Waals surface area contributed by atoms with Crippen molar-refractivity contribution in [2.24, 2.45) is 0 Å². The molecule has 0 saturated heterocycles. The molecule has 1 aromatic rings. The summed E-state index contributed by atoms with van der Waals surface area (Å²) in [7, 11) is 0. The van der Waals surface area contributed by atoms with Crippen LogP contribution in [0.2, 0.25) is 5.02 Å². The summed E-state index contributed by atoms with van der Waals surface area (Å²) in [6, 6.07) is 5.47. The number of rotatable bonds is 4. The highest BCUT2D eigenvalue weighted by Gasteiger charge is 2.00. The molecule has 2 nitrogen and oxygen atoms in total. The van der Waals surface area contributed by atoms with Gasteiger partial charge in [-0.3, -0.25) is 0 Å². The minimum absolute atomic E-state index is 0.222. The first-order valence-electron chi connectivity index (χ1n) is 4.02. The smallest absolute Gasteiger partial charge is 0.0562 e. The van der Waals surface area contributed by atoms with Crippen molar-refractivity contribution in [3.63, 3.8) is 0 Å². The van der Waals surface area contributed by atoms with E-state index in [1.807, 2.05) is 12.1 Å². The number of aliphatic hydroxyl groups excluding tert-OH is 1. The quantitative estimate of drug-likeness (QED) is 0.463. The lowest BCUT2D eigenvalue weighted by Crippen LogP contribution is -1.87. The third kappa shape index (κ3) is 3.46. The predicted octanol–water partition coefficient (Wildman–Crippen LogP) is 2.40. The summed E-state index contributed by atoms with van der Waals surface area (Å²) >= 11 is 7.58. The first-order valence-corrected chi connectivity index (χ1v) is 5.39. The molecule has 0 saturated carbocycles. The van der Waals surface area contributed by atoms with Gasteiger partial charge in [-0.1, -0.05) is 11.6 Å². The fraction of sp³-hybridized carbons (Fsp3) is 0.333. The van der Waals surface area contributed by atoms with E-state index in [4.69, 9.17) is 22.4 Å². The van der Waals surface area contributed by atoms with E-state index in [0.29, 0.717) is 10.7 Å². The average molecular weight is 218 g/mol. The lowest BCUT2D eigenvalue weighted by atomic mass is 10.3. The zero-order valence-corrected chi connectivity index (χ0v) is 8.74. The molecule has 0 heterocycles. The van der Waals surface area contributed by atoms with E-state index in [-0.39, 0.29) is 6.61 Å². The molecule has 0 bridgehead atoms. The van der Waals surface area contributed by atoms with E-state index in [9.17, 15) is 0 Å². The van der Waals surface area contributed by atoms with Crippen molar-refractivity contribution in [2.75, 3.05) is 18.1 Å². The van der Waals surface area contributed by atoms with Gasteiger partial charge in [0.25, 0.3) is 0 Å². The summed E-state index contributed by atoms with van der Waals surface area (Å²) in [5.74, 6) is 0.875. The van der Waals surface area contributed by atoms with E-state index in [1.165, 1.54) is 0 Å². The Morgan fingerprint density at radius 1 is 1.46 bits per heavy atom. The van der Waals surface area contributed by atoms with E-state index in [2.05, 4.69) is 0 Å². The summed E-state index contributed by atoms with van der Waals surface area (Å²) in [5.41, 5.74) is 6.23. The molecule has 0 aromatic heterocycles. The van der Waals surface area contributed by atoms with Crippen molar-refractivity contribution < 1.29 is 5.11 Å². The van der Waals surface area contributed by atoms with E-state index in [1.54, 1.807) is 17.8 Å². The molecule has 3 N–H and O–H groups in total. The standard InChI is InChI=1S/C9H12ClNOS/c10-8-6-7(11)2-3-9(8)13-5-1-4-12/h2-3,6,12H,1,4-5,11H2. The topological polar surface area (TPSA) is 46.2 Å². The Kier molecular flexibility index (Phi) is 4.42. The van der Waals surface area contributed by atoms with Gasteiger partial charge in [-0.15, -0.1) is 11.8 Å². The van der Waals surface area contributed by atoms with Gasteiger partial charge in [0.15, 0.2) is 0 Å². The van der Waals surface area contributed by atoms with E-state index >= 15 is 0 Å². The minimum Gasteiger partial charge on any atom is -0.399 e. The van der Waals surface area contributed by atoms with Crippen molar-refractivity contribution in [1.29, 1.82) is 0 Å². The molecule has 1 rings (SSSR count). The van der Waals surface area contributed by atoms with Crippen molar-refractivity contribution in [3.05, 3.63) is 23.2 Å². The number of hydrogen-bond acceptors (Lipinski definition) is 3. The number of aliphatic hydroxyl groups is 1. The van der Waals surface area contributed by atoms with Gasteiger partial charge in [0, 0.05) is 22.9 Å². The highest BCUT2D eigenvalue weighted by atomic mass is 35.5. The summed E-state index contributed by atoms with van der Waals surface area (Å²) in [6.45, 7) is 0.222. The van der Waals surface area contributed by atoms with E-state index < -0.39 is 0 Å². The number of thioether (sulfide) groups is 1. The van der Waals surface area contributed by atoms with Crippen LogP contribution in [0.5, 0.6) is 0 Å². The molecule has 0 fully saturated rings. The van der Waals surface area contributed by atoms with Gasteiger partial charge in [-0.05, 0) is 24.6 Å². The number of halogens is 1. The molecule has 0 amide bonds. The normalized spacial score (nSPS) is 10.3. The van der Waals surface area contributed by atoms with Crippen LogP contribution in [0.15, 0.2) is 23.1 Å². The van der Waals surface area contributed by atoms with Gasteiger partial charge in [0.2, 0.25) is 0 Å². The van der Waals surface area contributed by atoms with Gasteiger partial charge in [0.1, 0.15) is 0 Å². The molecule has 0 radical (unpaired) electrons. The summed E-state index contributed by atoms with van der Waals surface area (Å²) < 4.78 is 0. The Balaban J connectivity index is 2.56. The Morgan fingerprint density at radius 2 is 2.23 bits per heavy atom. The number of benzene rings is 1. The van der Waals surface area contributed by atoms with Gasteiger partial charge < -0.3 is 10.8 Å². The Labute approximate surface area is 87.1 Å². The molecule has 0 aliphatic carbocycles. The zero-order valence-electron chi connectivity index (χ0n) is 7.16. The highest BCUT2D eigenvalue weighted by Crippen LogP contribution is 2.28. The molecule has 0 unspecified atom stereocenters. The second kappa shape index (κ2) is 5.37. The predicted molar refractivity (Wildman–Crippen MR) is 58.3 cm³/mol. The molecular formula is C9H12ClNOS. The molecule has 13 heavy (non-hydrogen) atoms. The van der Waals surface area contributed by atoms with Crippen molar-refractivity contribution in [2.45, 2.75) is 11.3 Å². The maximum atomic E-state index is 8.59. The number of nitrogen functional groups attached to an aromatic ring is 1. The Bertz CT molecular complexity index is 280. The molecule has 0 spiro atoms. The molecule has 1 aromatic carbocycles. The summed E-state index contributed by atoms with van der Waals surface area (Å²) in [4.78, 5) is 1.02. The first-order chi connectivity index (χ1) is 6.24. The monoisotopic (exact) mass is 217 g/mol. The van der Waals surface area contributed by atoms with Crippen LogP contribution in [-0.2, 0) is 0 Å². The Morgan fingerprint density at radius 3 is 2.85 bits per heavy atom. The van der Waals surface area contributed by atoms with Gasteiger partial charge in [-0.2, -0.15) is 0 Å². The summed E-state index contributed by atoms with van der Waals surface area (Å²) in [6.07, 6.45) is 0.783. The lowest BCUT2D eigenvalue weighted by molar-refractivity contribution is 0.296. The van der Waals surface area contributed by atoms with Crippen molar-refractivity contribution in [3.8, 4) is 0 Å². The molecule has 72 valence electrons. The largest absolute Gasteiger partial charge is 0.399 e. The SMILES string of the molecule is Nc1ccc(SCCCO)c(Cl)c1. The zero-order chi connectivity index (χ0) is 9.68. The van der Waals surface area contributed by atoms with Gasteiger partial charge in [0.05, 0.1) is 5.02 Å². The average Bonchev–Trinajstić information content (AvgIpc) is 2.09. The van der Waals surface area contributed by atoms with Crippen LogP contribution in [0.1, 0.15) is 6.42 Å². The molecule has 0 aliphatic rings.